The normalized spacial score (nSPS) is 14.1. The molecule has 3 N–H and O–H groups in total. The monoisotopic (exact) mass is 371 g/mol. The largest absolute Gasteiger partial charge is 0.497 e. The van der Waals surface area contributed by atoms with Gasteiger partial charge in [0, 0.05) is 24.2 Å². The molecule has 1 aliphatic heterocycles. The van der Waals surface area contributed by atoms with E-state index in [4.69, 9.17) is 9.88 Å². The molecule has 1 aromatic heterocycles. The van der Waals surface area contributed by atoms with Crippen LogP contribution in [0.1, 0.15) is 17.7 Å². The summed E-state index contributed by atoms with van der Waals surface area (Å²) in [5.41, 5.74) is 4.61. The molecule has 0 spiro atoms. The summed E-state index contributed by atoms with van der Waals surface area (Å²) in [5.74, 6) is 0.835. The molecule has 1 aliphatic rings. The van der Waals surface area contributed by atoms with E-state index in [2.05, 4.69) is 22.0 Å². The van der Waals surface area contributed by atoms with Crippen molar-refractivity contribution in [3.8, 4) is 5.75 Å². The Labute approximate surface area is 152 Å². The van der Waals surface area contributed by atoms with Gasteiger partial charge in [0.25, 0.3) is 0 Å². The Morgan fingerprint density at radius 1 is 1.19 bits per heavy atom. The van der Waals surface area contributed by atoms with Crippen LogP contribution in [0.3, 0.4) is 0 Å². The number of benzene rings is 2. The third kappa shape index (κ3) is 2.93. The number of ether oxygens (including phenoxy) is 1. The molecular weight excluding hydrogens is 350 g/mol. The van der Waals surface area contributed by atoms with Crippen molar-refractivity contribution in [2.24, 2.45) is 5.14 Å². The Morgan fingerprint density at radius 3 is 2.65 bits per heavy atom. The molecule has 0 bridgehead atoms. The molecule has 2 aromatic carbocycles. The number of sulfonamides is 1. The van der Waals surface area contributed by atoms with Crippen molar-refractivity contribution in [1.82, 2.24) is 4.57 Å². The molecule has 4 rings (SSSR count). The van der Waals surface area contributed by atoms with Gasteiger partial charge in [0.1, 0.15) is 5.75 Å². The third-order valence-corrected chi connectivity index (χ3v) is 5.79. The van der Waals surface area contributed by atoms with Crippen LogP contribution in [-0.2, 0) is 23.0 Å². The van der Waals surface area contributed by atoms with E-state index in [0.29, 0.717) is 6.54 Å². The van der Waals surface area contributed by atoms with Gasteiger partial charge in [-0.2, -0.15) is 0 Å². The zero-order valence-corrected chi connectivity index (χ0v) is 15.3. The van der Waals surface area contributed by atoms with Crippen LogP contribution in [0.2, 0.25) is 0 Å². The first-order valence-electron chi connectivity index (χ1n) is 8.52. The molecule has 0 fully saturated rings. The van der Waals surface area contributed by atoms with E-state index < -0.39 is 10.0 Å². The molecule has 0 unspecified atom stereocenters. The Bertz CT molecular complexity index is 1070. The average Bonchev–Trinajstić information content (AvgIpc) is 2.95. The highest BCUT2D eigenvalue weighted by Gasteiger charge is 2.20. The summed E-state index contributed by atoms with van der Waals surface area (Å²) in [6.07, 6.45) is 2.10. The van der Waals surface area contributed by atoms with Crippen molar-refractivity contribution >= 4 is 26.6 Å². The topological polar surface area (TPSA) is 86.3 Å². The third-order valence-electron chi connectivity index (χ3n) is 4.86. The van der Waals surface area contributed by atoms with Gasteiger partial charge >= 0.3 is 0 Å². The lowest BCUT2D eigenvalue weighted by Gasteiger charge is -2.17. The fraction of sp³-hybridized carbons (Fsp3) is 0.263. The van der Waals surface area contributed by atoms with Crippen molar-refractivity contribution in [3.05, 3.63) is 53.7 Å². The maximum atomic E-state index is 11.4. The number of rotatable bonds is 4. The minimum atomic E-state index is -3.67. The molecule has 0 radical (unpaired) electrons. The number of hydrogen-bond acceptors (Lipinski definition) is 4. The van der Waals surface area contributed by atoms with Crippen molar-refractivity contribution in [2.75, 3.05) is 19.0 Å². The number of anilines is 1. The summed E-state index contributed by atoms with van der Waals surface area (Å²) >= 11 is 0. The first-order valence-corrected chi connectivity index (χ1v) is 10.1. The number of methoxy groups -OCH3 is 1. The van der Waals surface area contributed by atoms with Crippen molar-refractivity contribution < 1.29 is 13.2 Å². The van der Waals surface area contributed by atoms with E-state index >= 15 is 0 Å². The summed E-state index contributed by atoms with van der Waals surface area (Å²) < 4.78 is 30.6. The average molecular weight is 371 g/mol. The molecule has 2 heterocycles. The summed E-state index contributed by atoms with van der Waals surface area (Å²) in [6.45, 7) is 1.64. The minimum Gasteiger partial charge on any atom is -0.497 e. The number of hydrogen-bond donors (Lipinski definition) is 2. The van der Waals surface area contributed by atoms with Crippen LogP contribution < -0.4 is 15.2 Å². The van der Waals surface area contributed by atoms with Crippen LogP contribution in [0.4, 0.5) is 5.69 Å². The maximum absolute atomic E-state index is 11.4. The molecule has 0 aliphatic carbocycles. The van der Waals surface area contributed by atoms with Crippen molar-refractivity contribution in [2.45, 2.75) is 24.3 Å². The molecule has 26 heavy (non-hydrogen) atoms. The number of nitrogens with one attached hydrogen (secondary N) is 1. The molecule has 6 nitrogen and oxygen atoms in total. The van der Waals surface area contributed by atoms with Crippen LogP contribution in [0.25, 0.3) is 10.9 Å². The van der Waals surface area contributed by atoms with Crippen molar-refractivity contribution in [1.29, 1.82) is 0 Å². The Balaban J connectivity index is 1.79. The maximum Gasteiger partial charge on any atom is 0.238 e. The van der Waals surface area contributed by atoms with Gasteiger partial charge in [0.2, 0.25) is 10.0 Å². The molecule has 0 atom stereocenters. The lowest BCUT2D eigenvalue weighted by Crippen LogP contribution is -2.14. The minimum absolute atomic E-state index is 0.132. The Hall–Kier alpha value is -2.51. The number of nitrogens with zero attached hydrogens (tertiary/aromatic N) is 1. The smallest absolute Gasteiger partial charge is 0.238 e. The van der Waals surface area contributed by atoms with E-state index in [1.54, 1.807) is 19.2 Å². The predicted octanol–water partition coefficient (Wildman–Crippen LogP) is 2.70. The molecule has 0 saturated carbocycles. The van der Waals surface area contributed by atoms with Gasteiger partial charge in [-0.3, -0.25) is 0 Å². The van der Waals surface area contributed by atoms with Crippen LogP contribution in [0, 0.1) is 0 Å². The second kappa shape index (κ2) is 6.34. The van der Waals surface area contributed by atoms with Crippen LogP contribution in [0.15, 0.2) is 47.4 Å². The number of fused-ring (bicyclic) bond motifs is 3. The van der Waals surface area contributed by atoms with Gasteiger partial charge in [-0.1, -0.05) is 12.1 Å². The predicted molar refractivity (Wildman–Crippen MR) is 102 cm³/mol. The Morgan fingerprint density at radius 2 is 1.96 bits per heavy atom. The van der Waals surface area contributed by atoms with Gasteiger partial charge < -0.3 is 14.6 Å². The number of primary sulfonamides is 1. The van der Waals surface area contributed by atoms with Crippen molar-refractivity contribution in [3.63, 3.8) is 0 Å². The quantitative estimate of drug-likeness (QED) is 0.738. The van der Waals surface area contributed by atoms with E-state index in [1.807, 2.05) is 18.2 Å². The highest BCUT2D eigenvalue weighted by Crippen LogP contribution is 2.36. The van der Waals surface area contributed by atoms with E-state index in [0.717, 1.165) is 41.6 Å². The zero-order chi connectivity index (χ0) is 18.3. The molecule has 136 valence electrons. The van der Waals surface area contributed by atoms with Gasteiger partial charge in [0.15, 0.2) is 0 Å². The lowest BCUT2D eigenvalue weighted by molar-refractivity contribution is 0.415. The summed E-state index contributed by atoms with van der Waals surface area (Å²) in [6, 6.07) is 12.9. The first kappa shape index (κ1) is 16.9. The molecule has 0 saturated heterocycles. The molecule has 7 heteroatoms. The Kier molecular flexibility index (Phi) is 4.13. The second-order valence-electron chi connectivity index (χ2n) is 6.51. The van der Waals surface area contributed by atoms with E-state index in [-0.39, 0.29) is 4.90 Å². The van der Waals surface area contributed by atoms with Crippen LogP contribution in [0.5, 0.6) is 5.75 Å². The fourth-order valence-corrected chi connectivity index (χ4v) is 4.10. The first-order chi connectivity index (χ1) is 12.5. The number of nitrogens with two attached hydrogens (primary N) is 1. The molecule has 0 amide bonds. The lowest BCUT2D eigenvalue weighted by atomic mass is 10.1. The van der Waals surface area contributed by atoms with E-state index in [9.17, 15) is 8.42 Å². The highest BCUT2D eigenvalue weighted by atomic mass is 32.2. The second-order valence-corrected chi connectivity index (χ2v) is 8.07. The summed E-state index contributed by atoms with van der Waals surface area (Å²) in [4.78, 5) is 0.132. The zero-order valence-electron chi connectivity index (χ0n) is 14.5. The number of aromatic nitrogens is 1. The summed E-state index contributed by atoms with van der Waals surface area (Å²) in [7, 11) is -2.00. The van der Waals surface area contributed by atoms with Gasteiger partial charge in [0.05, 0.1) is 23.2 Å². The standard InChI is InChI=1S/C19H21N3O3S/c1-25-14-6-9-17-16(11-14)19-18(3-2-10-21-19)22(17)12-13-4-7-15(8-5-13)26(20,23)24/h4-9,11,21H,2-3,10,12H2,1H3,(H2,20,23,24). The SMILES string of the molecule is COc1ccc2c(c1)c1c(n2Cc2ccc(S(N)(=O)=O)cc2)CCCN1. The van der Waals surface area contributed by atoms with Gasteiger partial charge in [-0.05, 0) is 48.7 Å². The van der Waals surface area contributed by atoms with Crippen LogP contribution in [-0.4, -0.2) is 26.6 Å². The van der Waals surface area contributed by atoms with Gasteiger partial charge in [-0.15, -0.1) is 0 Å². The summed E-state index contributed by atoms with van der Waals surface area (Å²) in [5, 5.41) is 9.86. The molecule has 3 aromatic rings. The van der Waals surface area contributed by atoms with Crippen LogP contribution >= 0.6 is 0 Å². The fourth-order valence-electron chi connectivity index (χ4n) is 3.59. The molecular formula is C19H21N3O3S. The highest BCUT2D eigenvalue weighted by molar-refractivity contribution is 7.89. The van der Waals surface area contributed by atoms with E-state index in [1.165, 1.54) is 11.4 Å². The van der Waals surface area contributed by atoms with Gasteiger partial charge in [-0.25, -0.2) is 13.6 Å².